The topological polar surface area (TPSA) is 51.0 Å². The van der Waals surface area contributed by atoms with E-state index in [0.717, 1.165) is 18.3 Å². The molecule has 0 saturated heterocycles. The number of hydrogen-bond donors (Lipinski definition) is 1. The molecule has 0 amide bonds. The molecule has 1 aromatic heterocycles. The SMILES string of the molecule is CCCNC1CCCCC1c1nc(C2CCCCC2)no1. The number of nitrogens with zero attached hydrogens (tertiary/aromatic N) is 2. The minimum absolute atomic E-state index is 0.426. The minimum atomic E-state index is 0.426. The van der Waals surface area contributed by atoms with Gasteiger partial charge in [0, 0.05) is 12.0 Å². The molecule has 118 valence electrons. The van der Waals surface area contributed by atoms with Crippen LogP contribution in [0.15, 0.2) is 4.52 Å². The zero-order valence-electron chi connectivity index (χ0n) is 13.3. The first kappa shape index (κ1) is 15.0. The highest BCUT2D eigenvalue weighted by atomic mass is 16.5. The third-order valence-corrected chi connectivity index (χ3v) is 5.17. The van der Waals surface area contributed by atoms with Gasteiger partial charge in [-0.25, -0.2) is 0 Å². The van der Waals surface area contributed by atoms with E-state index in [1.165, 1.54) is 64.2 Å². The van der Waals surface area contributed by atoms with Crippen LogP contribution < -0.4 is 5.32 Å². The highest BCUT2D eigenvalue weighted by molar-refractivity contribution is 5.04. The summed E-state index contributed by atoms with van der Waals surface area (Å²) in [5, 5.41) is 8.00. The molecule has 2 aliphatic carbocycles. The van der Waals surface area contributed by atoms with E-state index in [1.54, 1.807) is 0 Å². The Hall–Kier alpha value is -0.900. The van der Waals surface area contributed by atoms with Gasteiger partial charge in [-0.1, -0.05) is 44.2 Å². The Bertz CT molecular complexity index is 425. The van der Waals surface area contributed by atoms with E-state index in [4.69, 9.17) is 9.51 Å². The zero-order chi connectivity index (χ0) is 14.5. The van der Waals surface area contributed by atoms with Crippen LogP contribution in [0.1, 0.15) is 94.7 Å². The van der Waals surface area contributed by atoms with E-state index in [1.807, 2.05) is 0 Å². The van der Waals surface area contributed by atoms with Crippen LogP contribution in [0.25, 0.3) is 0 Å². The van der Waals surface area contributed by atoms with Crippen LogP contribution in [0.2, 0.25) is 0 Å². The first-order valence-electron chi connectivity index (χ1n) is 8.95. The summed E-state index contributed by atoms with van der Waals surface area (Å²) in [5.41, 5.74) is 0. The standard InChI is InChI=1S/C17H29N3O/c1-2-12-18-15-11-7-6-10-14(15)17-19-16(20-21-17)13-8-4-3-5-9-13/h13-15,18H,2-12H2,1H3. The van der Waals surface area contributed by atoms with Gasteiger partial charge < -0.3 is 9.84 Å². The Labute approximate surface area is 128 Å². The molecule has 2 aliphatic rings. The van der Waals surface area contributed by atoms with Gasteiger partial charge >= 0.3 is 0 Å². The number of rotatable bonds is 5. The van der Waals surface area contributed by atoms with Crippen molar-refractivity contribution in [3.8, 4) is 0 Å². The molecular weight excluding hydrogens is 262 g/mol. The molecule has 4 heteroatoms. The van der Waals surface area contributed by atoms with Crippen molar-refractivity contribution in [3.63, 3.8) is 0 Å². The fourth-order valence-electron chi connectivity index (χ4n) is 3.92. The Morgan fingerprint density at radius 2 is 1.81 bits per heavy atom. The molecule has 4 nitrogen and oxygen atoms in total. The fourth-order valence-corrected chi connectivity index (χ4v) is 3.92. The van der Waals surface area contributed by atoms with Gasteiger partial charge in [0.1, 0.15) is 0 Å². The maximum atomic E-state index is 5.67. The van der Waals surface area contributed by atoms with Gasteiger partial charge in [-0.3, -0.25) is 0 Å². The summed E-state index contributed by atoms with van der Waals surface area (Å²) in [5.74, 6) is 2.84. The second-order valence-electron chi connectivity index (χ2n) is 6.78. The second-order valence-corrected chi connectivity index (χ2v) is 6.78. The van der Waals surface area contributed by atoms with Crippen LogP contribution >= 0.6 is 0 Å². The number of nitrogens with one attached hydrogen (secondary N) is 1. The van der Waals surface area contributed by atoms with Gasteiger partial charge in [0.2, 0.25) is 5.89 Å². The lowest BCUT2D eigenvalue weighted by atomic mass is 9.84. The molecule has 1 heterocycles. The summed E-state index contributed by atoms with van der Waals surface area (Å²) >= 11 is 0. The van der Waals surface area contributed by atoms with E-state index in [2.05, 4.69) is 17.4 Å². The normalized spacial score (nSPS) is 27.9. The molecule has 21 heavy (non-hydrogen) atoms. The van der Waals surface area contributed by atoms with Crippen molar-refractivity contribution in [2.75, 3.05) is 6.54 Å². The third-order valence-electron chi connectivity index (χ3n) is 5.17. The predicted molar refractivity (Wildman–Crippen MR) is 83.4 cm³/mol. The average molecular weight is 291 g/mol. The van der Waals surface area contributed by atoms with Crippen molar-refractivity contribution in [2.45, 2.75) is 89.0 Å². The lowest BCUT2D eigenvalue weighted by molar-refractivity contribution is 0.261. The Morgan fingerprint density at radius 3 is 2.62 bits per heavy atom. The van der Waals surface area contributed by atoms with E-state index >= 15 is 0 Å². The molecular formula is C17H29N3O. The lowest BCUT2D eigenvalue weighted by Gasteiger charge is -2.29. The lowest BCUT2D eigenvalue weighted by Crippen LogP contribution is -2.37. The third kappa shape index (κ3) is 3.65. The smallest absolute Gasteiger partial charge is 0.231 e. The van der Waals surface area contributed by atoms with Gasteiger partial charge in [0.25, 0.3) is 0 Å². The first-order valence-corrected chi connectivity index (χ1v) is 8.95. The summed E-state index contributed by atoms with van der Waals surface area (Å²) in [6.07, 6.45) is 12.7. The van der Waals surface area contributed by atoms with Crippen LogP contribution in [-0.2, 0) is 0 Å². The molecule has 2 unspecified atom stereocenters. The molecule has 0 aromatic carbocycles. The molecule has 0 bridgehead atoms. The number of aromatic nitrogens is 2. The molecule has 2 fully saturated rings. The van der Waals surface area contributed by atoms with Crippen LogP contribution in [0.4, 0.5) is 0 Å². The molecule has 1 aromatic rings. The first-order chi connectivity index (χ1) is 10.4. The highest BCUT2D eigenvalue weighted by Gasteiger charge is 2.31. The zero-order valence-corrected chi connectivity index (χ0v) is 13.3. The van der Waals surface area contributed by atoms with Gasteiger partial charge in [-0.15, -0.1) is 0 Å². The van der Waals surface area contributed by atoms with Crippen molar-refractivity contribution < 1.29 is 4.52 Å². The number of hydrogen-bond acceptors (Lipinski definition) is 4. The van der Waals surface area contributed by atoms with Crippen molar-refractivity contribution in [1.82, 2.24) is 15.5 Å². The molecule has 2 saturated carbocycles. The quantitative estimate of drug-likeness (QED) is 0.885. The van der Waals surface area contributed by atoms with Gasteiger partial charge in [-0.2, -0.15) is 4.98 Å². The summed E-state index contributed by atoms with van der Waals surface area (Å²) < 4.78 is 5.67. The summed E-state index contributed by atoms with van der Waals surface area (Å²) in [6.45, 7) is 3.31. The molecule has 0 radical (unpaired) electrons. The van der Waals surface area contributed by atoms with Crippen LogP contribution in [0, 0.1) is 0 Å². The summed E-state index contributed by atoms with van der Waals surface area (Å²) in [6, 6.07) is 0.526. The van der Waals surface area contributed by atoms with E-state index in [9.17, 15) is 0 Å². The summed E-state index contributed by atoms with van der Waals surface area (Å²) in [4.78, 5) is 4.80. The fraction of sp³-hybridized carbons (Fsp3) is 0.882. The minimum Gasteiger partial charge on any atom is -0.339 e. The maximum Gasteiger partial charge on any atom is 0.231 e. The van der Waals surface area contributed by atoms with Crippen LogP contribution in [0.5, 0.6) is 0 Å². The molecule has 0 aliphatic heterocycles. The Balaban J connectivity index is 1.67. The Morgan fingerprint density at radius 1 is 1.05 bits per heavy atom. The van der Waals surface area contributed by atoms with E-state index < -0.39 is 0 Å². The van der Waals surface area contributed by atoms with Gasteiger partial charge in [0.05, 0.1) is 5.92 Å². The largest absolute Gasteiger partial charge is 0.339 e. The van der Waals surface area contributed by atoms with Crippen LogP contribution in [-0.4, -0.2) is 22.7 Å². The van der Waals surface area contributed by atoms with E-state index in [-0.39, 0.29) is 0 Å². The van der Waals surface area contributed by atoms with Crippen molar-refractivity contribution >= 4 is 0 Å². The highest BCUT2D eigenvalue weighted by Crippen LogP contribution is 2.35. The van der Waals surface area contributed by atoms with Gasteiger partial charge in [-0.05, 0) is 38.6 Å². The van der Waals surface area contributed by atoms with Crippen molar-refractivity contribution in [2.24, 2.45) is 0 Å². The molecule has 3 rings (SSSR count). The van der Waals surface area contributed by atoms with Crippen LogP contribution in [0.3, 0.4) is 0 Å². The molecule has 0 spiro atoms. The predicted octanol–water partition coefficient (Wildman–Crippen LogP) is 4.14. The second kappa shape index (κ2) is 7.39. The summed E-state index contributed by atoms with van der Waals surface area (Å²) in [7, 11) is 0. The monoisotopic (exact) mass is 291 g/mol. The van der Waals surface area contributed by atoms with Crippen molar-refractivity contribution in [3.05, 3.63) is 11.7 Å². The molecule has 1 N–H and O–H groups in total. The average Bonchev–Trinajstić information content (AvgIpc) is 3.04. The van der Waals surface area contributed by atoms with Gasteiger partial charge in [0.15, 0.2) is 5.82 Å². The Kier molecular flexibility index (Phi) is 5.28. The molecule has 2 atom stereocenters. The van der Waals surface area contributed by atoms with E-state index in [0.29, 0.717) is 17.9 Å². The maximum absolute atomic E-state index is 5.67. The van der Waals surface area contributed by atoms with Crippen molar-refractivity contribution in [1.29, 1.82) is 0 Å².